The SMILES string of the molecule is CCOC(=O)c1cnn(C(C)(C)C)c1CCC=O. The molecule has 1 heterocycles. The molecule has 0 aliphatic rings. The molecule has 0 saturated heterocycles. The van der Waals surface area contributed by atoms with Gasteiger partial charge in [-0.05, 0) is 34.1 Å². The Labute approximate surface area is 107 Å². The number of aromatic nitrogens is 2. The zero-order chi connectivity index (χ0) is 13.8. The van der Waals surface area contributed by atoms with Crippen molar-refractivity contribution < 1.29 is 14.3 Å². The van der Waals surface area contributed by atoms with E-state index in [2.05, 4.69) is 5.10 Å². The van der Waals surface area contributed by atoms with E-state index in [4.69, 9.17) is 4.74 Å². The van der Waals surface area contributed by atoms with Gasteiger partial charge in [0.15, 0.2) is 0 Å². The van der Waals surface area contributed by atoms with Crippen molar-refractivity contribution >= 4 is 12.3 Å². The minimum Gasteiger partial charge on any atom is -0.462 e. The minimum absolute atomic E-state index is 0.233. The van der Waals surface area contributed by atoms with Gasteiger partial charge in [-0.15, -0.1) is 0 Å². The summed E-state index contributed by atoms with van der Waals surface area (Å²) in [5.41, 5.74) is 0.977. The molecule has 0 fully saturated rings. The van der Waals surface area contributed by atoms with Gasteiger partial charge in [0.25, 0.3) is 0 Å². The largest absolute Gasteiger partial charge is 0.462 e. The van der Waals surface area contributed by atoms with E-state index in [-0.39, 0.29) is 11.5 Å². The van der Waals surface area contributed by atoms with Gasteiger partial charge in [0.1, 0.15) is 11.8 Å². The average Bonchev–Trinajstić information content (AvgIpc) is 2.69. The number of carbonyl (C=O) groups excluding carboxylic acids is 2. The lowest BCUT2D eigenvalue weighted by atomic mass is 10.1. The van der Waals surface area contributed by atoms with Gasteiger partial charge in [0, 0.05) is 6.42 Å². The molecule has 1 aromatic heterocycles. The van der Waals surface area contributed by atoms with Crippen molar-refractivity contribution in [3.05, 3.63) is 17.5 Å². The first-order chi connectivity index (χ1) is 8.41. The standard InChI is InChI=1S/C13H20N2O3/c1-5-18-12(17)10-9-14-15(13(2,3)4)11(10)7-6-8-16/h8-9H,5-7H2,1-4H3. The summed E-state index contributed by atoms with van der Waals surface area (Å²) in [6.07, 6.45) is 3.22. The number of hydrogen-bond acceptors (Lipinski definition) is 4. The summed E-state index contributed by atoms with van der Waals surface area (Å²) in [4.78, 5) is 22.3. The zero-order valence-corrected chi connectivity index (χ0v) is 11.4. The number of carbonyl (C=O) groups is 2. The molecule has 100 valence electrons. The van der Waals surface area contributed by atoms with Crippen LogP contribution in [0.15, 0.2) is 6.20 Å². The molecular weight excluding hydrogens is 232 g/mol. The smallest absolute Gasteiger partial charge is 0.341 e. The predicted molar refractivity (Wildman–Crippen MR) is 67.6 cm³/mol. The Hall–Kier alpha value is -1.65. The number of rotatable bonds is 5. The van der Waals surface area contributed by atoms with Gasteiger partial charge < -0.3 is 9.53 Å². The quantitative estimate of drug-likeness (QED) is 0.593. The Morgan fingerprint density at radius 2 is 2.17 bits per heavy atom. The minimum atomic E-state index is -0.381. The fraction of sp³-hybridized carbons (Fsp3) is 0.615. The third kappa shape index (κ3) is 3.18. The number of nitrogens with zero attached hydrogens (tertiary/aromatic N) is 2. The van der Waals surface area contributed by atoms with Crippen LogP contribution in [0.3, 0.4) is 0 Å². The summed E-state index contributed by atoms with van der Waals surface area (Å²) in [7, 11) is 0. The molecular formula is C13H20N2O3. The summed E-state index contributed by atoms with van der Waals surface area (Å²) >= 11 is 0. The summed E-state index contributed by atoms with van der Waals surface area (Å²) in [6, 6.07) is 0. The van der Waals surface area contributed by atoms with Crippen LogP contribution >= 0.6 is 0 Å². The molecule has 18 heavy (non-hydrogen) atoms. The molecule has 0 unspecified atom stereocenters. The van der Waals surface area contributed by atoms with E-state index in [1.165, 1.54) is 6.20 Å². The van der Waals surface area contributed by atoms with Gasteiger partial charge in [0.05, 0.1) is 24.0 Å². The van der Waals surface area contributed by atoms with E-state index >= 15 is 0 Å². The maximum absolute atomic E-state index is 11.8. The van der Waals surface area contributed by atoms with Crippen molar-refractivity contribution in [3.8, 4) is 0 Å². The van der Waals surface area contributed by atoms with Crippen molar-refractivity contribution in [2.75, 3.05) is 6.61 Å². The number of esters is 1. The zero-order valence-electron chi connectivity index (χ0n) is 11.4. The molecule has 5 nitrogen and oxygen atoms in total. The molecule has 1 rings (SSSR count). The fourth-order valence-corrected chi connectivity index (χ4v) is 1.77. The number of hydrogen-bond donors (Lipinski definition) is 0. The molecule has 0 aliphatic heterocycles. The van der Waals surface area contributed by atoms with Gasteiger partial charge in [-0.3, -0.25) is 4.68 Å². The van der Waals surface area contributed by atoms with Crippen LogP contribution in [0.1, 0.15) is 50.2 Å². The molecule has 0 bridgehead atoms. The van der Waals surface area contributed by atoms with Crippen LogP contribution in [0.2, 0.25) is 0 Å². The third-order valence-electron chi connectivity index (χ3n) is 2.50. The van der Waals surface area contributed by atoms with Gasteiger partial charge in [0.2, 0.25) is 0 Å². The number of aldehydes is 1. The predicted octanol–water partition coefficient (Wildman–Crippen LogP) is 1.95. The normalized spacial score (nSPS) is 11.3. The first-order valence-corrected chi connectivity index (χ1v) is 6.10. The van der Waals surface area contributed by atoms with Gasteiger partial charge in [-0.25, -0.2) is 4.79 Å². The third-order valence-corrected chi connectivity index (χ3v) is 2.50. The fourth-order valence-electron chi connectivity index (χ4n) is 1.77. The molecule has 0 atom stereocenters. The summed E-state index contributed by atoms with van der Waals surface area (Å²) in [5.74, 6) is -0.381. The van der Waals surface area contributed by atoms with Crippen LogP contribution in [0, 0.1) is 0 Å². The molecule has 5 heteroatoms. The highest BCUT2D eigenvalue weighted by Crippen LogP contribution is 2.21. The van der Waals surface area contributed by atoms with Crippen molar-refractivity contribution in [3.63, 3.8) is 0 Å². The van der Waals surface area contributed by atoms with Gasteiger partial charge in [-0.2, -0.15) is 5.10 Å². The van der Waals surface area contributed by atoms with E-state index in [1.807, 2.05) is 20.8 Å². The van der Waals surface area contributed by atoms with Crippen molar-refractivity contribution in [2.45, 2.75) is 46.1 Å². The lowest BCUT2D eigenvalue weighted by molar-refractivity contribution is -0.107. The lowest BCUT2D eigenvalue weighted by Crippen LogP contribution is -2.26. The van der Waals surface area contributed by atoms with Crippen LogP contribution in [-0.4, -0.2) is 28.6 Å². The second-order valence-corrected chi connectivity index (χ2v) is 5.01. The molecule has 0 spiro atoms. The first kappa shape index (κ1) is 14.4. The van der Waals surface area contributed by atoms with Crippen LogP contribution < -0.4 is 0 Å². The Bertz CT molecular complexity index is 430. The maximum Gasteiger partial charge on any atom is 0.341 e. The highest BCUT2D eigenvalue weighted by Gasteiger charge is 2.24. The molecule has 0 N–H and O–H groups in total. The summed E-state index contributed by atoms with van der Waals surface area (Å²) in [6.45, 7) is 8.09. The molecule has 0 aliphatic carbocycles. The van der Waals surface area contributed by atoms with Crippen molar-refractivity contribution in [1.82, 2.24) is 9.78 Å². The lowest BCUT2D eigenvalue weighted by Gasteiger charge is -2.22. The van der Waals surface area contributed by atoms with Crippen LogP contribution in [-0.2, 0) is 21.5 Å². The van der Waals surface area contributed by atoms with E-state index < -0.39 is 0 Å². The first-order valence-electron chi connectivity index (χ1n) is 6.10. The van der Waals surface area contributed by atoms with Gasteiger partial charge in [-0.1, -0.05) is 0 Å². The summed E-state index contributed by atoms with van der Waals surface area (Å²) in [5, 5.41) is 4.24. The van der Waals surface area contributed by atoms with E-state index in [0.717, 1.165) is 12.0 Å². The Kier molecular flexibility index (Phi) is 4.64. The second kappa shape index (κ2) is 5.80. The summed E-state index contributed by atoms with van der Waals surface area (Å²) < 4.78 is 6.77. The van der Waals surface area contributed by atoms with Gasteiger partial charge >= 0.3 is 5.97 Å². The van der Waals surface area contributed by atoms with Crippen LogP contribution in [0.4, 0.5) is 0 Å². The maximum atomic E-state index is 11.8. The number of ether oxygens (including phenoxy) is 1. The van der Waals surface area contributed by atoms with E-state index in [9.17, 15) is 9.59 Å². The molecule has 0 amide bonds. The molecule has 0 aromatic carbocycles. The molecule has 1 aromatic rings. The van der Waals surface area contributed by atoms with E-state index in [0.29, 0.717) is 25.0 Å². The topological polar surface area (TPSA) is 61.2 Å². The Balaban J connectivity index is 3.14. The second-order valence-electron chi connectivity index (χ2n) is 5.01. The molecule has 0 radical (unpaired) electrons. The van der Waals surface area contributed by atoms with Crippen LogP contribution in [0.5, 0.6) is 0 Å². The monoisotopic (exact) mass is 252 g/mol. The van der Waals surface area contributed by atoms with E-state index in [1.54, 1.807) is 11.6 Å². The molecule has 0 saturated carbocycles. The highest BCUT2D eigenvalue weighted by atomic mass is 16.5. The highest BCUT2D eigenvalue weighted by molar-refractivity contribution is 5.90. The van der Waals surface area contributed by atoms with Crippen molar-refractivity contribution in [2.24, 2.45) is 0 Å². The van der Waals surface area contributed by atoms with Crippen molar-refractivity contribution in [1.29, 1.82) is 0 Å². The van der Waals surface area contributed by atoms with Crippen LogP contribution in [0.25, 0.3) is 0 Å². The Morgan fingerprint density at radius 3 is 2.67 bits per heavy atom. The average molecular weight is 252 g/mol. The Morgan fingerprint density at radius 1 is 1.50 bits per heavy atom.